The summed E-state index contributed by atoms with van der Waals surface area (Å²) in [4.78, 5) is 0. The van der Waals surface area contributed by atoms with E-state index in [4.69, 9.17) is 5.73 Å². The van der Waals surface area contributed by atoms with E-state index in [1.807, 2.05) is 7.05 Å². The second-order valence-corrected chi connectivity index (χ2v) is 3.90. The molecule has 1 aromatic heterocycles. The Balaban J connectivity index is 2.08. The second-order valence-electron chi connectivity index (χ2n) is 3.90. The Labute approximate surface area is 78.9 Å². The number of hydrogen-bond donors (Lipinski definition) is 2. The van der Waals surface area contributed by atoms with Crippen molar-refractivity contribution in [1.82, 2.24) is 9.88 Å². The molecule has 2 rings (SSSR count). The van der Waals surface area contributed by atoms with E-state index in [-0.39, 0.29) is 0 Å². The zero-order valence-electron chi connectivity index (χ0n) is 8.03. The summed E-state index contributed by atoms with van der Waals surface area (Å²) in [5.74, 6) is 0. The van der Waals surface area contributed by atoms with E-state index in [1.165, 1.54) is 5.56 Å². The number of hydrogen-bond acceptors (Lipinski definition) is 2. The molecule has 0 spiro atoms. The molecule has 0 radical (unpaired) electrons. The molecule has 0 unspecified atom stereocenters. The third-order valence-corrected chi connectivity index (χ3v) is 2.70. The number of nitrogens with zero attached hydrogens (tertiary/aromatic N) is 1. The fourth-order valence-electron chi connectivity index (χ4n) is 1.93. The van der Waals surface area contributed by atoms with Crippen LogP contribution in [-0.4, -0.2) is 17.2 Å². The maximum absolute atomic E-state index is 5.92. The Morgan fingerprint density at radius 3 is 3.08 bits per heavy atom. The van der Waals surface area contributed by atoms with Crippen LogP contribution in [0.5, 0.6) is 0 Å². The summed E-state index contributed by atoms with van der Waals surface area (Å²) in [6.07, 6.45) is 6.40. The van der Waals surface area contributed by atoms with Crippen molar-refractivity contribution in [2.75, 3.05) is 6.54 Å². The maximum Gasteiger partial charge on any atom is 0.0349 e. The summed E-state index contributed by atoms with van der Waals surface area (Å²) in [5, 5.41) is 3.49. The Kier molecular flexibility index (Phi) is 2.38. The van der Waals surface area contributed by atoms with Gasteiger partial charge in [-0.2, -0.15) is 0 Å². The van der Waals surface area contributed by atoms with Crippen molar-refractivity contribution in [2.24, 2.45) is 12.8 Å². The van der Waals surface area contributed by atoms with Crippen molar-refractivity contribution in [3.8, 4) is 0 Å². The summed E-state index contributed by atoms with van der Waals surface area (Å²) in [5.41, 5.74) is 7.28. The fraction of sp³-hybridized carbons (Fsp3) is 0.600. The van der Waals surface area contributed by atoms with Crippen LogP contribution in [0.4, 0.5) is 0 Å². The van der Waals surface area contributed by atoms with Gasteiger partial charge in [-0.1, -0.05) is 0 Å². The summed E-state index contributed by atoms with van der Waals surface area (Å²) < 4.78 is 2.08. The van der Waals surface area contributed by atoms with Gasteiger partial charge in [0.05, 0.1) is 0 Å². The van der Waals surface area contributed by atoms with Crippen LogP contribution in [0.3, 0.4) is 0 Å². The molecule has 1 saturated heterocycles. The minimum atomic E-state index is 0.367. The molecule has 13 heavy (non-hydrogen) atoms. The van der Waals surface area contributed by atoms with Gasteiger partial charge in [0, 0.05) is 31.5 Å². The molecular weight excluding hydrogens is 162 g/mol. The number of rotatable bonds is 1. The zero-order valence-corrected chi connectivity index (χ0v) is 8.03. The molecule has 0 amide bonds. The second kappa shape index (κ2) is 3.52. The Morgan fingerprint density at radius 1 is 1.62 bits per heavy atom. The van der Waals surface area contributed by atoms with Gasteiger partial charge in [0.25, 0.3) is 0 Å². The summed E-state index contributed by atoms with van der Waals surface area (Å²) in [7, 11) is 2.05. The molecule has 1 aliphatic rings. The first-order chi connectivity index (χ1) is 6.25. The normalized spacial score (nSPS) is 29.1. The van der Waals surface area contributed by atoms with E-state index >= 15 is 0 Å². The highest BCUT2D eigenvalue weighted by atomic mass is 15.0. The Hall–Kier alpha value is -0.800. The van der Waals surface area contributed by atoms with E-state index in [2.05, 4.69) is 28.3 Å². The average Bonchev–Trinajstić information content (AvgIpc) is 2.52. The molecule has 72 valence electrons. The quantitative estimate of drug-likeness (QED) is 0.669. The minimum absolute atomic E-state index is 0.367. The van der Waals surface area contributed by atoms with E-state index < -0.39 is 0 Å². The van der Waals surface area contributed by atoms with Crippen molar-refractivity contribution in [3.05, 3.63) is 24.0 Å². The topological polar surface area (TPSA) is 43.0 Å². The van der Waals surface area contributed by atoms with E-state index in [0.29, 0.717) is 12.1 Å². The fourth-order valence-corrected chi connectivity index (χ4v) is 1.93. The first kappa shape index (κ1) is 8.78. The monoisotopic (exact) mass is 179 g/mol. The third-order valence-electron chi connectivity index (χ3n) is 2.70. The lowest BCUT2D eigenvalue weighted by Gasteiger charge is -2.27. The van der Waals surface area contributed by atoms with Gasteiger partial charge in [-0.05, 0) is 31.0 Å². The molecule has 3 N–H and O–H groups in total. The molecule has 2 atom stereocenters. The lowest BCUT2D eigenvalue weighted by molar-refractivity contribution is 0.369. The van der Waals surface area contributed by atoms with Gasteiger partial charge in [0.1, 0.15) is 0 Å². The zero-order chi connectivity index (χ0) is 9.26. The SMILES string of the molecule is Cn1ccc([C@@H]2C[C@H](N)CCN2)c1. The molecule has 1 aliphatic heterocycles. The van der Waals surface area contributed by atoms with Gasteiger partial charge < -0.3 is 15.6 Å². The van der Waals surface area contributed by atoms with Crippen LogP contribution in [0, 0.1) is 0 Å². The van der Waals surface area contributed by atoms with Crippen LogP contribution in [-0.2, 0) is 7.05 Å². The van der Waals surface area contributed by atoms with Gasteiger partial charge in [-0.3, -0.25) is 0 Å². The molecule has 1 aromatic rings. The molecular formula is C10H17N3. The molecule has 0 saturated carbocycles. The van der Waals surface area contributed by atoms with Gasteiger partial charge in [0.15, 0.2) is 0 Å². The number of aromatic nitrogens is 1. The van der Waals surface area contributed by atoms with Crippen LogP contribution in [0.1, 0.15) is 24.4 Å². The van der Waals surface area contributed by atoms with Crippen molar-refractivity contribution >= 4 is 0 Å². The highest BCUT2D eigenvalue weighted by Gasteiger charge is 2.20. The van der Waals surface area contributed by atoms with Crippen LogP contribution in [0.15, 0.2) is 18.5 Å². The number of piperidine rings is 1. The molecule has 0 aromatic carbocycles. The Bertz CT molecular complexity index is 279. The van der Waals surface area contributed by atoms with Crippen LogP contribution in [0.2, 0.25) is 0 Å². The van der Waals surface area contributed by atoms with Crippen molar-refractivity contribution in [1.29, 1.82) is 0 Å². The summed E-state index contributed by atoms with van der Waals surface area (Å²) in [6.45, 7) is 1.04. The largest absolute Gasteiger partial charge is 0.357 e. The molecule has 2 heterocycles. The number of nitrogens with two attached hydrogens (primary N) is 1. The van der Waals surface area contributed by atoms with Crippen LogP contribution in [0.25, 0.3) is 0 Å². The lowest BCUT2D eigenvalue weighted by Crippen LogP contribution is -2.38. The van der Waals surface area contributed by atoms with Gasteiger partial charge in [-0.25, -0.2) is 0 Å². The van der Waals surface area contributed by atoms with E-state index in [0.717, 1.165) is 19.4 Å². The standard InChI is InChI=1S/C10H17N3/c1-13-5-3-8(7-13)10-6-9(11)2-4-12-10/h3,5,7,9-10,12H,2,4,6,11H2,1H3/t9-,10+/m1/s1. The highest BCUT2D eigenvalue weighted by molar-refractivity contribution is 5.16. The van der Waals surface area contributed by atoms with Gasteiger partial charge in [-0.15, -0.1) is 0 Å². The van der Waals surface area contributed by atoms with Crippen molar-refractivity contribution < 1.29 is 0 Å². The number of nitrogens with one attached hydrogen (secondary N) is 1. The third kappa shape index (κ3) is 1.92. The highest BCUT2D eigenvalue weighted by Crippen LogP contribution is 2.22. The maximum atomic E-state index is 5.92. The minimum Gasteiger partial charge on any atom is -0.357 e. The van der Waals surface area contributed by atoms with Crippen LogP contribution < -0.4 is 11.1 Å². The van der Waals surface area contributed by atoms with Crippen molar-refractivity contribution in [3.63, 3.8) is 0 Å². The molecule has 0 aliphatic carbocycles. The van der Waals surface area contributed by atoms with E-state index in [1.54, 1.807) is 0 Å². The smallest absolute Gasteiger partial charge is 0.0349 e. The van der Waals surface area contributed by atoms with E-state index in [9.17, 15) is 0 Å². The predicted octanol–water partition coefficient (Wildman–Crippen LogP) is 0.777. The molecule has 0 bridgehead atoms. The summed E-state index contributed by atoms with van der Waals surface area (Å²) >= 11 is 0. The van der Waals surface area contributed by atoms with Crippen molar-refractivity contribution in [2.45, 2.75) is 24.9 Å². The van der Waals surface area contributed by atoms with Gasteiger partial charge >= 0.3 is 0 Å². The summed E-state index contributed by atoms with van der Waals surface area (Å²) in [6, 6.07) is 2.99. The Morgan fingerprint density at radius 2 is 2.46 bits per heavy atom. The molecule has 1 fully saturated rings. The van der Waals surface area contributed by atoms with Gasteiger partial charge in [0.2, 0.25) is 0 Å². The average molecular weight is 179 g/mol. The number of aryl methyl sites for hydroxylation is 1. The molecule has 3 nitrogen and oxygen atoms in total. The first-order valence-electron chi connectivity index (χ1n) is 4.86. The van der Waals surface area contributed by atoms with Crippen LogP contribution >= 0.6 is 0 Å². The molecule has 3 heteroatoms. The predicted molar refractivity (Wildman–Crippen MR) is 53.4 cm³/mol. The lowest BCUT2D eigenvalue weighted by atomic mass is 9.96. The first-order valence-corrected chi connectivity index (χ1v) is 4.86.